The number of imide groups is 1. The first-order valence-electron chi connectivity index (χ1n) is 7.59. The Morgan fingerprint density at radius 1 is 1.07 bits per heavy atom. The van der Waals surface area contributed by atoms with Crippen molar-refractivity contribution in [3.63, 3.8) is 0 Å². The van der Waals surface area contributed by atoms with Gasteiger partial charge in [0.05, 0.1) is 27.0 Å². The maximum absolute atomic E-state index is 12.5. The van der Waals surface area contributed by atoms with Crippen molar-refractivity contribution in [1.82, 2.24) is 9.88 Å². The fourth-order valence-corrected chi connectivity index (χ4v) is 2.99. The number of fused-ring (bicyclic) bond motifs is 2. The Kier molecular flexibility index (Phi) is 3.74. The number of amides is 2. The molecule has 0 saturated carbocycles. The zero-order valence-electron chi connectivity index (χ0n) is 13.3. The summed E-state index contributed by atoms with van der Waals surface area (Å²) in [4.78, 5) is 52.2. The molecule has 0 unspecified atom stereocenters. The Hall–Kier alpha value is -3.59. The average Bonchev–Trinajstić information content (AvgIpc) is 2.86. The minimum atomic E-state index is -0.727. The number of non-ortho nitro benzene ring substituents is 1. The predicted molar refractivity (Wildman–Crippen MR) is 92.6 cm³/mol. The van der Waals surface area contributed by atoms with Crippen LogP contribution in [0.1, 0.15) is 26.6 Å². The van der Waals surface area contributed by atoms with Crippen molar-refractivity contribution in [2.75, 3.05) is 0 Å². The van der Waals surface area contributed by atoms with Gasteiger partial charge in [-0.05, 0) is 24.3 Å². The number of hydrogen-bond acceptors (Lipinski definition) is 7. The summed E-state index contributed by atoms with van der Waals surface area (Å²) in [5.41, 5.74) is -0.765. The van der Waals surface area contributed by atoms with E-state index in [-0.39, 0.29) is 33.6 Å². The molecule has 9 nitrogen and oxygen atoms in total. The van der Waals surface area contributed by atoms with Gasteiger partial charge < -0.3 is 4.42 Å². The van der Waals surface area contributed by atoms with Gasteiger partial charge >= 0.3 is 5.63 Å². The summed E-state index contributed by atoms with van der Waals surface area (Å²) in [6.45, 7) is -0.391. The molecule has 1 aromatic heterocycles. The second kappa shape index (κ2) is 5.99. The van der Waals surface area contributed by atoms with Gasteiger partial charge in [0, 0.05) is 17.2 Å². The third-order valence-corrected chi connectivity index (χ3v) is 4.33. The highest BCUT2D eigenvalue weighted by Crippen LogP contribution is 2.28. The number of nitro groups is 1. The van der Waals surface area contributed by atoms with E-state index in [0.29, 0.717) is 5.02 Å². The minimum absolute atomic E-state index is 0.0387. The van der Waals surface area contributed by atoms with Gasteiger partial charge in [-0.25, -0.2) is 9.78 Å². The van der Waals surface area contributed by atoms with E-state index in [1.807, 2.05) is 0 Å². The molecule has 0 fully saturated rings. The molecular formula is C17H8ClN3O6. The fourth-order valence-electron chi connectivity index (χ4n) is 2.83. The van der Waals surface area contributed by atoms with Crippen molar-refractivity contribution < 1.29 is 18.9 Å². The van der Waals surface area contributed by atoms with E-state index >= 15 is 0 Å². The van der Waals surface area contributed by atoms with Crippen LogP contribution in [0.25, 0.3) is 10.9 Å². The van der Waals surface area contributed by atoms with Crippen molar-refractivity contribution in [3.05, 3.63) is 79.0 Å². The van der Waals surface area contributed by atoms with Crippen LogP contribution in [0, 0.1) is 10.1 Å². The Labute approximate surface area is 154 Å². The third kappa shape index (κ3) is 2.74. The Bertz CT molecular complexity index is 1220. The molecule has 1 aliphatic heterocycles. The third-order valence-electron chi connectivity index (χ3n) is 4.09. The predicted octanol–water partition coefficient (Wildman–Crippen LogP) is 2.55. The molecule has 2 amide bonds. The van der Waals surface area contributed by atoms with E-state index in [1.165, 1.54) is 24.3 Å². The van der Waals surface area contributed by atoms with Crippen LogP contribution < -0.4 is 5.63 Å². The largest absolute Gasteiger partial charge is 0.406 e. The molecule has 0 radical (unpaired) electrons. The zero-order chi connectivity index (χ0) is 19.3. The molecule has 0 bridgehead atoms. The number of carbonyl (C=O) groups excluding carboxylic acids is 2. The summed E-state index contributed by atoms with van der Waals surface area (Å²) in [6, 6.07) is 7.84. The maximum Gasteiger partial charge on any atom is 0.346 e. The first-order valence-corrected chi connectivity index (χ1v) is 7.97. The van der Waals surface area contributed by atoms with E-state index in [4.69, 9.17) is 16.0 Å². The van der Waals surface area contributed by atoms with E-state index in [1.54, 1.807) is 0 Å². The first-order chi connectivity index (χ1) is 12.8. The number of nitro benzene ring substituents is 1. The van der Waals surface area contributed by atoms with Gasteiger partial charge in [-0.15, -0.1) is 0 Å². The highest BCUT2D eigenvalue weighted by Gasteiger charge is 2.37. The topological polar surface area (TPSA) is 124 Å². The average molecular weight is 386 g/mol. The van der Waals surface area contributed by atoms with Gasteiger partial charge in [0.1, 0.15) is 6.54 Å². The molecule has 4 rings (SSSR count). The lowest BCUT2D eigenvalue weighted by molar-refractivity contribution is -0.384. The highest BCUT2D eigenvalue weighted by molar-refractivity contribution is 6.31. The fraction of sp³-hybridized carbons (Fsp3) is 0.0588. The highest BCUT2D eigenvalue weighted by atomic mass is 35.5. The summed E-state index contributed by atoms with van der Waals surface area (Å²) >= 11 is 5.89. The SMILES string of the molecule is O=C1c2ccc([N+](=O)[O-])cc2C(=O)N1Cc1nc2cc(Cl)ccc2c(=O)o1. The molecule has 134 valence electrons. The van der Waals surface area contributed by atoms with Gasteiger partial charge in [0.15, 0.2) is 0 Å². The normalized spacial score (nSPS) is 13.3. The lowest BCUT2D eigenvalue weighted by Gasteiger charge is -2.12. The molecular weight excluding hydrogens is 378 g/mol. The number of carbonyl (C=O) groups is 2. The van der Waals surface area contributed by atoms with Gasteiger partial charge in [-0.2, -0.15) is 0 Å². The summed E-state index contributed by atoms with van der Waals surface area (Å²) in [7, 11) is 0. The van der Waals surface area contributed by atoms with Crippen molar-refractivity contribution in [2.24, 2.45) is 0 Å². The van der Waals surface area contributed by atoms with E-state index in [9.17, 15) is 24.5 Å². The standard InChI is InChI=1S/C17H8ClN3O6/c18-8-1-3-11-13(5-8)19-14(27-17(11)24)7-20-15(22)10-4-2-9(21(25)26)6-12(10)16(20)23/h1-6H,7H2. The smallest absolute Gasteiger partial charge is 0.346 e. The van der Waals surface area contributed by atoms with Crippen LogP contribution in [-0.2, 0) is 6.54 Å². The summed E-state index contributed by atoms with van der Waals surface area (Å²) in [5, 5.41) is 11.4. The quantitative estimate of drug-likeness (QED) is 0.385. The van der Waals surface area contributed by atoms with Crippen LogP contribution in [0.2, 0.25) is 5.02 Å². The second-order valence-electron chi connectivity index (χ2n) is 5.74. The maximum atomic E-state index is 12.5. The molecule has 0 saturated heterocycles. The zero-order valence-corrected chi connectivity index (χ0v) is 14.1. The Morgan fingerprint density at radius 3 is 2.56 bits per heavy atom. The number of halogens is 1. The molecule has 2 aromatic carbocycles. The van der Waals surface area contributed by atoms with Crippen molar-refractivity contribution >= 4 is 40.0 Å². The first kappa shape index (κ1) is 16.9. The van der Waals surface area contributed by atoms with Gasteiger partial charge in [0.25, 0.3) is 17.5 Å². The van der Waals surface area contributed by atoms with Crippen LogP contribution in [0.3, 0.4) is 0 Å². The molecule has 0 aliphatic carbocycles. The molecule has 0 atom stereocenters. The van der Waals surface area contributed by atoms with Crippen LogP contribution in [-0.4, -0.2) is 26.6 Å². The lowest BCUT2D eigenvalue weighted by atomic mass is 10.1. The number of hydrogen-bond donors (Lipinski definition) is 0. The Balaban J connectivity index is 1.72. The number of rotatable bonds is 3. The van der Waals surface area contributed by atoms with Gasteiger partial charge in [-0.3, -0.25) is 24.6 Å². The second-order valence-corrected chi connectivity index (χ2v) is 6.18. The van der Waals surface area contributed by atoms with E-state index in [0.717, 1.165) is 17.0 Å². The summed E-state index contributed by atoms with van der Waals surface area (Å²) in [6.07, 6.45) is 0. The summed E-state index contributed by atoms with van der Waals surface area (Å²) in [5.74, 6) is -1.53. The van der Waals surface area contributed by atoms with Crippen LogP contribution in [0.15, 0.2) is 45.6 Å². The molecule has 3 aromatic rings. The van der Waals surface area contributed by atoms with E-state index < -0.39 is 28.9 Å². The van der Waals surface area contributed by atoms with Gasteiger partial charge in [0.2, 0.25) is 5.89 Å². The summed E-state index contributed by atoms with van der Waals surface area (Å²) < 4.78 is 5.09. The van der Waals surface area contributed by atoms with Crippen molar-refractivity contribution in [3.8, 4) is 0 Å². The van der Waals surface area contributed by atoms with Crippen LogP contribution in [0.5, 0.6) is 0 Å². The number of benzene rings is 2. The van der Waals surface area contributed by atoms with Crippen molar-refractivity contribution in [2.45, 2.75) is 6.54 Å². The van der Waals surface area contributed by atoms with Crippen molar-refractivity contribution in [1.29, 1.82) is 0 Å². The molecule has 1 aliphatic rings. The van der Waals surface area contributed by atoms with E-state index in [2.05, 4.69) is 4.98 Å². The van der Waals surface area contributed by atoms with Crippen LogP contribution >= 0.6 is 11.6 Å². The molecule has 2 heterocycles. The monoisotopic (exact) mass is 385 g/mol. The molecule has 0 N–H and O–H groups in total. The van der Waals surface area contributed by atoms with Crippen LogP contribution in [0.4, 0.5) is 5.69 Å². The Morgan fingerprint density at radius 2 is 1.81 bits per heavy atom. The number of aromatic nitrogens is 1. The lowest BCUT2D eigenvalue weighted by Crippen LogP contribution is -2.30. The molecule has 10 heteroatoms. The number of nitrogens with zero attached hydrogens (tertiary/aromatic N) is 3. The minimum Gasteiger partial charge on any atom is -0.406 e. The molecule has 0 spiro atoms. The molecule has 27 heavy (non-hydrogen) atoms. The van der Waals surface area contributed by atoms with Gasteiger partial charge in [-0.1, -0.05) is 11.6 Å².